The first-order chi connectivity index (χ1) is 15.4. The Bertz CT molecular complexity index is 1050. The second-order valence-electron chi connectivity index (χ2n) is 7.58. The molecule has 1 heterocycles. The van der Waals surface area contributed by atoms with E-state index in [0.717, 1.165) is 24.1 Å². The van der Waals surface area contributed by atoms with Crippen LogP contribution in [0.2, 0.25) is 5.02 Å². The predicted molar refractivity (Wildman–Crippen MR) is 120 cm³/mol. The number of nitrogens with zero attached hydrogens (tertiary/aromatic N) is 3. The molecule has 3 rings (SSSR count). The Kier molecular flexibility index (Phi) is 7.85. The number of benzene rings is 2. The SMILES string of the molecule is Cc1cc(N(CCC#N)C(=O)COC(=O)c2ccc(CN3CCCC3=O)cc2)ccc1Cl. The van der Waals surface area contributed by atoms with Crippen molar-refractivity contribution in [1.82, 2.24) is 4.90 Å². The summed E-state index contributed by atoms with van der Waals surface area (Å²) in [5, 5.41) is 9.49. The number of ether oxygens (including phenoxy) is 1. The molecule has 8 heteroatoms. The highest BCUT2D eigenvalue weighted by Crippen LogP contribution is 2.23. The van der Waals surface area contributed by atoms with Crippen LogP contribution in [0.5, 0.6) is 0 Å². The van der Waals surface area contributed by atoms with Crippen molar-refractivity contribution in [3.05, 3.63) is 64.2 Å². The first kappa shape index (κ1) is 23.3. The molecule has 0 saturated carbocycles. The van der Waals surface area contributed by atoms with Crippen molar-refractivity contribution >= 4 is 35.1 Å². The number of hydrogen-bond acceptors (Lipinski definition) is 5. The number of likely N-dealkylation sites (tertiary alicyclic amines) is 1. The molecule has 1 fully saturated rings. The topological polar surface area (TPSA) is 90.7 Å². The minimum Gasteiger partial charge on any atom is -0.452 e. The summed E-state index contributed by atoms with van der Waals surface area (Å²) < 4.78 is 5.21. The van der Waals surface area contributed by atoms with Gasteiger partial charge in [0.2, 0.25) is 5.91 Å². The van der Waals surface area contributed by atoms with Gasteiger partial charge in [0.25, 0.3) is 5.91 Å². The van der Waals surface area contributed by atoms with Gasteiger partial charge in [0.05, 0.1) is 18.1 Å². The smallest absolute Gasteiger partial charge is 0.338 e. The van der Waals surface area contributed by atoms with Crippen LogP contribution in [0, 0.1) is 18.3 Å². The molecule has 2 amide bonds. The lowest BCUT2D eigenvalue weighted by atomic mass is 10.1. The Morgan fingerprint density at radius 1 is 1.22 bits per heavy atom. The summed E-state index contributed by atoms with van der Waals surface area (Å²) >= 11 is 6.06. The van der Waals surface area contributed by atoms with Gasteiger partial charge in [-0.2, -0.15) is 5.26 Å². The van der Waals surface area contributed by atoms with E-state index in [2.05, 4.69) is 0 Å². The van der Waals surface area contributed by atoms with Crippen LogP contribution < -0.4 is 4.90 Å². The maximum atomic E-state index is 12.7. The van der Waals surface area contributed by atoms with Gasteiger partial charge in [0.15, 0.2) is 6.61 Å². The van der Waals surface area contributed by atoms with Crippen molar-refractivity contribution in [1.29, 1.82) is 5.26 Å². The zero-order valence-corrected chi connectivity index (χ0v) is 18.6. The number of amides is 2. The maximum absolute atomic E-state index is 12.7. The van der Waals surface area contributed by atoms with E-state index in [1.165, 1.54) is 4.90 Å². The second kappa shape index (κ2) is 10.8. The average Bonchev–Trinajstić information content (AvgIpc) is 3.19. The molecule has 0 atom stereocenters. The molecular formula is C24H24ClN3O4. The quantitative estimate of drug-likeness (QED) is 0.566. The van der Waals surface area contributed by atoms with Crippen molar-refractivity contribution < 1.29 is 19.1 Å². The number of esters is 1. The Hall–Kier alpha value is -3.37. The molecule has 2 aromatic carbocycles. The Morgan fingerprint density at radius 2 is 1.97 bits per heavy atom. The first-order valence-electron chi connectivity index (χ1n) is 10.4. The second-order valence-corrected chi connectivity index (χ2v) is 7.99. The van der Waals surface area contributed by atoms with Crippen molar-refractivity contribution in [2.45, 2.75) is 32.7 Å². The number of halogens is 1. The molecule has 0 N–H and O–H groups in total. The maximum Gasteiger partial charge on any atom is 0.338 e. The number of hydrogen-bond donors (Lipinski definition) is 0. The number of nitriles is 1. The van der Waals surface area contributed by atoms with E-state index in [1.807, 2.05) is 13.0 Å². The Labute approximate surface area is 192 Å². The van der Waals surface area contributed by atoms with Crippen LogP contribution in [0.1, 0.15) is 40.7 Å². The standard InChI is InChI=1S/C24H24ClN3O4/c1-17-14-20(9-10-21(17)25)28(13-3-11-26)23(30)16-32-24(31)19-7-5-18(6-8-19)15-27-12-2-4-22(27)29/h5-10,14H,2-4,12-13,15-16H2,1H3. The lowest BCUT2D eigenvalue weighted by Gasteiger charge is -2.22. The highest BCUT2D eigenvalue weighted by atomic mass is 35.5. The number of rotatable bonds is 8. The molecule has 0 radical (unpaired) electrons. The van der Waals surface area contributed by atoms with Gasteiger partial charge in [-0.3, -0.25) is 9.59 Å². The fourth-order valence-corrected chi connectivity index (χ4v) is 3.60. The summed E-state index contributed by atoms with van der Waals surface area (Å²) in [6.45, 7) is 2.82. The monoisotopic (exact) mass is 453 g/mol. The molecule has 0 spiro atoms. The molecule has 0 bridgehead atoms. The van der Waals surface area contributed by atoms with Gasteiger partial charge in [0.1, 0.15) is 0 Å². The van der Waals surface area contributed by atoms with E-state index < -0.39 is 18.5 Å². The van der Waals surface area contributed by atoms with E-state index in [4.69, 9.17) is 21.6 Å². The number of anilines is 1. The van der Waals surface area contributed by atoms with E-state index >= 15 is 0 Å². The fourth-order valence-electron chi connectivity index (χ4n) is 3.48. The van der Waals surface area contributed by atoms with Crippen LogP contribution in [0.3, 0.4) is 0 Å². The van der Waals surface area contributed by atoms with Crippen molar-refractivity contribution in [3.63, 3.8) is 0 Å². The lowest BCUT2D eigenvalue weighted by molar-refractivity contribution is -0.128. The molecule has 166 valence electrons. The van der Waals surface area contributed by atoms with Crippen LogP contribution >= 0.6 is 11.6 Å². The third-order valence-electron chi connectivity index (χ3n) is 5.26. The van der Waals surface area contributed by atoms with Crippen LogP contribution in [0.4, 0.5) is 5.69 Å². The lowest BCUT2D eigenvalue weighted by Crippen LogP contribution is -2.35. The summed E-state index contributed by atoms with van der Waals surface area (Å²) in [5.74, 6) is -0.905. The zero-order valence-electron chi connectivity index (χ0n) is 17.8. The predicted octanol–water partition coefficient (Wildman–Crippen LogP) is 3.87. The summed E-state index contributed by atoms with van der Waals surface area (Å²) in [6, 6.07) is 14.0. The molecule has 0 aromatic heterocycles. The molecule has 1 saturated heterocycles. The van der Waals surface area contributed by atoms with Crippen LogP contribution in [-0.4, -0.2) is 42.4 Å². The molecule has 2 aromatic rings. The normalized spacial score (nSPS) is 13.0. The van der Waals surface area contributed by atoms with Gasteiger partial charge in [-0.25, -0.2) is 4.79 Å². The van der Waals surface area contributed by atoms with Crippen molar-refractivity contribution in [2.75, 3.05) is 24.6 Å². The van der Waals surface area contributed by atoms with E-state index in [1.54, 1.807) is 47.4 Å². The van der Waals surface area contributed by atoms with Gasteiger partial charge in [-0.15, -0.1) is 0 Å². The van der Waals surface area contributed by atoms with E-state index in [9.17, 15) is 14.4 Å². The number of carbonyl (C=O) groups is 3. The number of carbonyl (C=O) groups excluding carboxylic acids is 3. The van der Waals surface area contributed by atoms with Crippen LogP contribution in [0.15, 0.2) is 42.5 Å². The molecular weight excluding hydrogens is 430 g/mol. The summed E-state index contributed by atoms with van der Waals surface area (Å²) in [7, 11) is 0. The largest absolute Gasteiger partial charge is 0.452 e. The van der Waals surface area contributed by atoms with Crippen LogP contribution in [0.25, 0.3) is 0 Å². The van der Waals surface area contributed by atoms with Gasteiger partial charge >= 0.3 is 5.97 Å². The zero-order chi connectivity index (χ0) is 23.1. The number of aryl methyl sites for hydroxylation is 1. The Balaban J connectivity index is 1.60. The minimum atomic E-state index is -0.616. The van der Waals surface area contributed by atoms with Crippen LogP contribution in [-0.2, 0) is 20.9 Å². The van der Waals surface area contributed by atoms with Crippen molar-refractivity contribution in [3.8, 4) is 6.07 Å². The van der Waals surface area contributed by atoms with E-state index in [0.29, 0.717) is 29.2 Å². The summed E-state index contributed by atoms with van der Waals surface area (Å²) in [4.78, 5) is 40.1. The third kappa shape index (κ3) is 5.86. The average molecular weight is 454 g/mol. The summed E-state index contributed by atoms with van der Waals surface area (Å²) in [6.07, 6.45) is 1.60. The van der Waals surface area contributed by atoms with Gasteiger partial charge in [-0.1, -0.05) is 23.7 Å². The van der Waals surface area contributed by atoms with Gasteiger partial charge in [0, 0.05) is 36.8 Å². The van der Waals surface area contributed by atoms with Gasteiger partial charge < -0.3 is 14.5 Å². The van der Waals surface area contributed by atoms with Crippen molar-refractivity contribution in [2.24, 2.45) is 0 Å². The molecule has 1 aliphatic heterocycles. The van der Waals surface area contributed by atoms with E-state index in [-0.39, 0.29) is 18.9 Å². The minimum absolute atomic E-state index is 0.141. The Morgan fingerprint density at radius 3 is 2.59 bits per heavy atom. The summed E-state index contributed by atoms with van der Waals surface area (Å²) in [5.41, 5.74) is 2.63. The molecule has 7 nitrogen and oxygen atoms in total. The molecule has 0 aliphatic carbocycles. The third-order valence-corrected chi connectivity index (χ3v) is 5.69. The molecule has 0 unspecified atom stereocenters. The molecule has 1 aliphatic rings. The first-order valence-corrected chi connectivity index (χ1v) is 10.7. The highest BCUT2D eigenvalue weighted by molar-refractivity contribution is 6.31. The van der Waals surface area contributed by atoms with Gasteiger partial charge in [-0.05, 0) is 54.8 Å². The molecule has 32 heavy (non-hydrogen) atoms. The fraction of sp³-hybridized carbons (Fsp3) is 0.333. The highest BCUT2D eigenvalue weighted by Gasteiger charge is 2.21.